The van der Waals surface area contributed by atoms with Gasteiger partial charge >= 0.3 is 0 Å². The fourth-order valence-corrected chi connectivity index (χ4v) is 7.82. The zero-order valence-electron chi connectivity index (χ0n) is 29.6. The molecule has 0 N–H and O–H groups in total. The van der Waals surface area contributed by atoms with Crippen molar-refractivity contribution in [1.82, 2.24) is 0 Å². The predicted molar refractivity (Wildman–Crippen MR) is 228 cm³/mol. The second-order valence-corrected chi connectivity index (χ2v) is 13.7. The molecule has 0 aliphatic rings. The summed E-state index contributed by atoms with van der Waals surface area (Å²) < 4.78 is 6.53. The van der Waals surface area contributed by atoms with Gasteiger partial charge in [-0.15, -0.1) is 0 Å². The van der Waals surface area contributed by atoms with Crippen molar-refractivity contribution in [1.29, 1.82) is 0 Å². The zero-order valence-corrected chi connectivity index (χ0v) is 29.6. The van der Waals surface area contributed by atoms with Gasteiger partial charge in [-0.3, -0.25) is 0 Å². The second-order valence-electron chi connectivity index (χ2n) is 13.7. The van der Waals surface area contributed by atoms with Crippen molar-refractivity contribution >= 4 is 49.8 Å². The van der Waals surface area contributed by atoms with Crippen molar-refractivity contribution in [2.75, 3.05) is 4.90 Å². The Hall–Kier alpha value is -7.16. The molecule has 10 rings (SSSR count). The molecule has 0 radical (unpaired) electrons. The molecule has 10 aromatic rings. The first-order valence-electron chi connectivity index (χ1n) is 18.4. The lowest BCUT2D eigenvalue weighted by atomic mass is 9.93. The highest BCUT2D eigenvalue weighted by Crippen LogP contribution is 2.48. The molecule has 0 aliphatic heterocycles. The minimum absolute atomic E-state index is 0.865. The van der Waals surface area contributed by atoms with Gasteiger partial charge in [0.2, 0.25) is 0 Å². The zero-order chi connectivity index (χ0) is 35.8. The van der Waals surface area contributed by atoms with E-state index in [9.17, 15) is 0 Å². The number of para-hydroxylation sites is 1. The lowest BCUT2D eigenvalue weighted by Crippen LogP contribution is -2.11. The number of nitrogens with zero attached hydrogens (tertiary/aromatic N) is 1. The third-order valence-corrected chi connectivity index (χ3v) is 10.4. The van der Waals surface area contributed by atoms with Crippen LogP contribution in [0.25, 0.3) is 77.2 Å². The quantitative estimate of drug-likeness (QED) is 0.166. The summed E-state index contributed by atoms with van der Waals surface area (Å²) in [5, 5.41) is 4.66. The summed E-state index contributed by atoms with van der Waals surface area (Å²) in [6.07, 6.45) is 0. The number of fused-ring (bicyclic) bond motifs is 4. The molecule has 2 heteroatoms. The highest BCUT2D eigenvalue weighted by atomic mass is 16.3. The van der Waals surface area contributed by atoms with Gasteiger partial charge in [0.1, 0.15) is 11.2 Å². The van der Waals surface area contributed by atoms with Crippen LogP contribution in [0.5, 0.6) is 0 Å². The van der Waals surface area contributed by atoms with E-state index in [1.807, 2.05) is 6.07 Å². The minimum Gasteiger partial charge on any atom is -0.456 e. The van der Waals surface area contributed by atoms with Crippen LogP contribution in [0.4, 0.5) is 17.1 Å². The Morgan fingerprint density at radius 3 is 1.69 bits per heavy atom. The first-order chi connectivity index (χ1) is 26.8. The number of furan rings is 1. The van der Waals surface area contributed by atoms with Gasteiger partial charge in [0.15, 0.2) is 0 Å². The third kappa shape index (κ3) is 5.71. The van der Waals surface area contributed by atoms with Gasteiger partial charge in [0, 0.05) is 27.7 Å². The van der Waals surface area contributed by atoms with E-state index in [4.69, 9.17) is 4.42 Å². The molecule has 0 fully saturated rings. The smallest absolute Gasteiger partial charge is 0.136 e. The van der Waals surface area contributed by atoms with E-state index in [0.29, 0.717) is 0 Å². The van der Waals surface area contributed by atoms with Crippen molar-refractivity contribution in [3.8, 4) is 44.5 Å². The monoisotopic (exact) mass is 689 g/mol. The van der Waals surface area contributed by atoms with Gasteiger partial charge in [0.05, 0.1) is 5.69 Å². The number of hydrogen-bond donors (Lipinski definition) is 0. The van der Waals surface area contributed by atoms with E-state index in [2.05, 4.69) is 211 Å². The maximum Gasteiger partial charge on any atom is 0.136 e. The summed E-state index contributed by atoms with van der Waals surface area (Å²) in [4.78, 5) is 2.41. The molecule has 0 unspecified atom stereocenters. The van der Waals surface area contributed by atoms with E-state index < -0.39 is 0 Å². The molecule has 0 spiro atoms. The maximum atomic E-state index is 6.53. The molecule has 1 heterocycles. The fourth-order valence-electron chi connectivity index (χ4n) is 7.82. The topological polar surface area (TPSA) is 16.4 Å². The summed E-state index contributed by atoms with van der Waals surface area (Å²) in [7, 11) is 0. The lowest BCUT2D eigenvalue weighted by molar-refractivity contribution is 0.669. The molecule has 0 aliphatic carbocycles. The van der Waals surface area contributed by atoms with Crippen molar-refractivity contribution in [3.05, 3.63) is 212 Å². The largest absolute Gasteiger partial charge is 0.456 e. The van der Waals surface area contributed by atoms with Gasteiger partial charge in [-0.2, -0.15) is 0 Å². The highest BCUT2D eigenvalue weighted by Gasteiger charge is 2.23. The van der Waals surface area contributed by atoms with Crippen LogP contribution in [-0.2, 0) is 0 Å². The molecular formula is C52H35NO. The molecule has 54 heavy (non-hydrogen) atoms. The summed E-state index contributed by atoms with van der Waals surface area (Å²) in [5.41, 5.74) is 14.3. The number of rotatable bonds is 7. The highest BCUT2D eigenvalue weighted by molar-refractivity contribution is 6.16. The third-order valence-electron chi connectivity index (χ3n) is 10.4. The van der Waals surface area contributed by atoms with Crippen LogP contribution in [0.15, 0.2) is 217 Å². The summed E-state index contributed by atoms with van der Waals surface area (Å²) in [6.45, 7) is 0. The van der Waals surface area contributed by atoms with Crippen LogP contribution in [0, 0.1) is 0 Å². The minimum atomic E-state index is 0.865. The summed E-state index contributed by atoms with van der Waals surface area (Å²) >= 11 is 0. The van der Waals surface area contributed by atoms with Crippen molar-refractivity contribution < 1.29 is 4.42 Å². The Balaban J connectivity index is 1.23. The Morgan fingerprint density at radius 2 is 0.889 bits per heavy atom. The van der Waals surface area contributed by atoms with E-state index in [1.54, 1.807) is 0 Å². The first kappa shape index (κ1) is 31.6. The van der Waals surface area contributed by atoms with Crippen LogP contribution < -0.4 is 4.90 Å². The molecule has 2 nitrogen and oxygen atoms in total. The fraction of sp³-hybridized carbons (Fsp3) is 0. The van der Waals surface area contributed by atoms with Crippen LogP contribution in [0.2, 0.25) is 0 Å². The van der Waals surface area contributed by atoms with Crippen LogP contribution in [0.3, 0.4) is 0 Å². The van der Waals surface area contributed by atoms with Crippen LogP contribution in [-0.4, -0.2) is 0 Å². The van der Waals surface area contributed by atoms with Gasteiger partial charge in [-0.05, 0) is 104 Å². The second kappa shape index (κ2) is 13.4. The Bertz CT molecular complexity index is 2920. The van der Waals surface area contributed by atoms with E-state index in [-0.39, 0.29) is 0 Å². The van der Waals surface area contributed by atoms with E-state index >= 15 is 0 Å². The molecule has 9 aromatic carbocycles. The molecule has 0 amide bonds. The van der Waals surface area contributed by atoms with Crippen molar-refractivity contribution in [2.24, 2.45) is 0 Å². The van der Waals surface area contributed by atoms with Crippen LogP contribution >= 0.6 is 0 Å². The predicted octanol–water partition coefficient (Wildman–Crippen LogP) is 14.9. The summed E-state index contributed by atoms with van der Waals surface area (Å²) in [5.74, 6) is 0. The summed E-state index contributed by atoms with van der Waals surface area (Å²) in [6, 6.07) is 76.0. The lowest BCUT2D eigenvalue weighted by Gasteiger charge is -2.29. The van der Waals surface area contributed by atoms with Gasteiger partial charge in [0.25, 0.3) is 0 Å². The number of hydrogen-bond acceptors (Lipinski definition) is 2. The SMILES string of the molecule is c1ccc(-c2ccc(N(c3cccc(-c4ccc5ccccc5c4)c3)c3ccc4oc5ccccc5c4c3-c3cccc(-c4ccccc4)c3)cc2)cc1. The molecule has 0 saturated carbocycles. The first-order valence-corrected chi connectivity index (χ1v) is 18.4. The molecule has 0 atom stereocenters. The molecule has 1 aromatic heterocycles. The molecular weight excluding hydrogens is 655 g/mol. The van der Waals surface area contributed by atoms with E-state index in [1.165, 1.54) is 38.6 Å². The number of anilines is 3. The Morgan fingerprint density at radius 1 is 0.315 bits per heavy atom. The molecule has 254 valence electrons. The standard InChI is InChI=1S/C52H35NO/c1-3-13-36(14-4-1)39-27-29-45(30-28-39)53(46-22-12-20-42(35-46)43-26-25-38-17-7-8-18-40(38)33-43)48-31-32-50-52(47-23-9-10-24-49(47)54-50)51(48)44-21-11-19-41(34-44)37-15-5-2-6-16-37/h1-35H. The normalized spacial score (nSPS) is 11.3. The van der Waals surface area contributed by atoms with Gasteiger partial charge < -0.3 is 9.32 Å². The van der Waals surface area contributed by atoms with Crippen molar-refractivity contribution in [3.63, 3.8) is 0 Å². The van der Waals surface area contributed by atoms with Gasteiger partial charge in [-0.1, -0.05) is 158 Å². The van der Waals surface area contributed by atoms with Crippen LogP contribution in [0.1, 0.15) is 0 Å². The molecule has 0 saturated heterocycles. The Kier molecular flexibility index (Phi) is 7.85. The maximum absolute atomic E-state index is 6.53. The molecule has 0 bridgehead atoms. The average molecular weight is 690 g/mol. The average Bonchev–Trinajstić information content (AvgIpc) is 3.63. The van der Waals surface area contributed by atoms with Gasteiger partial charge in [-0.25, -0.2) is 0 Å². The Labute approximate surface area is 314 Å². The number of benzene rings is 9. The van der Waals surface area contributed by atoms with E-state index in [0.717, 1.165) is 55.7 Å². The van der Waals surface area contributed by atoms with Crippen molar-refractivity contribution in [2.45, 2.75) is 0 Å².